The van der Waals surface area contributed by atoms with Crippen LogP contribution >= 0.6 is 0 Å². The monoisotopic (exact) mass is 399 g/mol. The molecule has 0 bridgehead atoms. The highest BCUT2D eigenvalue weighted by Crippen LogP contribution is 2.23. The summed E-state index contributed by atoms with van der Waals surface area (Å²) in [6, 6.07) is 17.4. The predicted octanol–water partition coefficient (Wildman–Crippen LogP) is 4.40. The molecular weight excluding hydrogens is 374 g/mol. The number of fused-ring (bicyclic) bond motifs is 1. The van der Waals surface area contributed by atoms with Crippen molar-refractivity contribution in [2.45, 2.75) is 33.2 Å². The van der Waals surface area contributed by atoms with Crippen LogP contribution in [0.3, 0.4) is 0 Å². The molecule has 0 radical (unpaired) electrons. The van der Waals surface area contributed by atoms with Crippen LogP contribution in [0.4, 0.5) is 5.69 Å². The van der Waals surface area contributed by atoms with Crippen LogP contribution in [0.25, 0.3) is 0 Å². The number of carbonyl (C=O) groups is 2. The molecule has 1 aliphatic rings. The predicted molar refractivity (Wildman–Crippen MR) is 118 cm³/mol. The fraction of sp³-hybridized carbons (Fsp3) is 0.240. The average Bonchev–Trinajstić information content (AvgIpc) is 2.79. The smallest absolute Gasteiger partial charge is 0.274 e. The van der Waals surface area contributed by atoms with Gasteiger partial charge in [0.1, 0.15) is 5.69 Å². The second-order valence-corrected chi connectivity index (χ2v) is 7.59. The van der Waals surface area contributed by atoms with E-state index in [0.29, 0.717) is 18.7 Å². The molecule has 5 nitrogen and oxygen atoms in total. The van der Waals surface area contributed by atoms with Crippen LogP contribution in [0.2, 0.25) is 0 Å². The maximum atomic E-state index is 13.1. The summed E-state index contributed by atoms with van der Waals surface area (Å²) in [6.45, 7) is 5.28. The molecule has 30 heavy (non-hydrogen) atoms. The standard InChI is InChI=1S/C25H25N3O2/c1-3-18-10-6-7-17(2)23(18)27-24(29)22-15-20(11-13-26-22)25(30)28-14-12-19-8-4-5-9-21(19)16-28/h4-11,13,15H,3,12,14,16H2,1-2H3,(H,27,29). The number of carbonyl (C=O) groups excluding carboxylic acids is 2. The number of hydrogen-bond acceptors (Lipinski definition) is 3. The summed E-state index contributed by atoms with van der Waals surface area (Å²) in [5.74, 6) is -0.385. The number of nitrogens with one attached hydrogen (secondary N) is 1. The average molecular weight is 399 g/mol. The van der Waals surface area contributed by atoms with Gasteiger partial charge in [-0.3, -0.25) is 14.6 Å². The molecule has 2 heterocycles. The molecule has 0 unspecified atom stereocenters. The third-order valence-corrected chi connectivity index (χ3v) is 5.64. The SMILES string of the molecule is CCc1cccc(C)c1NC(=O)c1cc(C(=O)N2CCc3ccccc3C2)ccn1. The van der Waals surface area contributed by atoms with Gasteiger partial charge in [0.25, 0.3) is 11.8 Å². The second-order valence-electron chi connectivity index (χ2n) is 7.59. The molecule has 3 aromatic rings. The van der Waals surface area contributed by atoms with E-state index in [1.807, 2.05) is 42.2 Å². The minimum atomic E-state index is -0.308. The highest BCUT2D eigenvalue weighted by molar-refractivity contribution is 6.05. The fourth-order valence-electron chi connectivity index (χ4n) is 3.92. The highest BCUT2D eigenvalue weighted by atomic mass is 16.2. The number of hydrogen-bond donors (Lipinski definition) is 1. The Balaban J connectivity index is 1.53. The first-order chi connectivity index (χ1) is 14.6. The maximum Gasteiger partial charge on any atom is 0.274 e. The van der Waals surface area contributed by atoms with Crippen LogP contribution in [-0.4, -0.2) is 28.2 Å². The largest absolute Gasteiger partial charge is 0.334 e. The molecule has 2 amide bonds. The zero-order valence-corrected chi connectivity index (χ0v) is 17.3. The Hall–Kier alpha value is -3.47. The number of rotatable bonds is 4. The number of benzene rings is 2. The van der Waals surface area contributed by atoms with Crippen molar-refractivity contribution in [2.24, 2.45) is 0 Å². The van der Waals surface area contributed by atoms with Gasteiger partial charge in [0.15, 0.2) is 0 Å². The van der Waals surface area contributed by atoms with Crippen LogP contribution in [0, 0.1) is 6.92 Å². The van der Waals surface area contributed by atoms with Gasteiger partial charge in [0, 0.05) is 30.5 Å². The van der Waals surface area contributed by atoms with Gasteiger partial charge in [-0.1, -0.05) is 49.4 Å². The van der Waals surface area contributed by atoms with Crippen molar-refractivity contribution >= 4 is 17.5 Å². The van der Waals surface area contributed by atoms with Gasteiger partial charge in [0.05, 0.1) is 0 Å². The zero-order valence-electron chi connectivity index (χ0n) is 17.3. The van der Waals surface area contributed by atoms with Gasteiger partial charge < -0.3 is 10.2 Å². The van der Waals surface area contributed by atoms with E-state index in [4.69, 9.17) is 0 Å². The molecular formula is C25H25N3O2. The van der Waals surface area contributed by atoms with Crippen molar-refractivity contribution < 1.29 is 9.59 Å². The molecule has 0 spiro atoms. The Kier molecular flexibility index (Phi) is 5.61. The van der Waals surface area contributed by atoms with E-state index < -0.39 is 0 Å². The number of amides is 2. The van der Waals surface area contributed by atoms with E-state index in [1.54, 1.807) is 12.1 Å². The Morgan fingerprint density at radius 1 is 1.07 bits per heavy atom. The zero-order chi connectivity index (χ0) is 21.1. The van der Waals surface area contributed by atoms with Crippen molar-refractivity contribution in [3.63, 3.8) is 0 Å². The maximum absolute atomic E-state index is 13.1. The van der Waals surface area contributed by atoms with E-state index in [2.05, 4.69) is 29.4 Å². The molecule has 0 aliphatic carbocycles. The first-order valence-electron chi connectivity index (χ1n) is 10.3. The number of aromatic nitrogens is 1. The molecule has 0 saturated carbocycles. The fourth-order valence-corrected chi connectivity index (χ4v) is 3.92. The summed E-state index contributed by atoms with van der Waals surface area (Å²) >= 11 is 0. The van der Waals surface area contributed by atoms with Crippen molar-refractivity contribution in [3.05, 3.63) is 94.3 Å². The van der Waals surface area contributed by atoms with Gasteiger partial charge in [-0.05, 0) is 54.2 Å². The van der Waals surface area contributed by atoms with E-state index in [0.717, 1.165) is 29.7 Å². The van der Waals surface area contributed by atoms with Gasteiger partial charge in [-0.15, -0.1) is 0 Å². The van der Waals surface area contributed by atoms with E-state index in [1.165, 1.54) is 17.3 Å². The molecule has 4 rings (SSSR count). The third kappa shape index (κ3) is 3.96. The number of nitrogens with zero attached hydrogens (tertiary/aromatic N) is 2. The Morgan fingerprint density at radius 2 is 1.87 bits per heavy atom. The van der Waals surface area contributed by atoms with Crippen LogP contribution in [0.15, 0.2) is 60.8 Å². The second kappa shape index (κ2) is 8.49. The lowest BCUT2D eigenvalue weighted by Gasteiger charge is -2.29. The molecule has 1 aliphatic heterocycles. The van der Waals surface area contributed by atoms with Crippen molar-refractivity contribution in [2.75, 3.05) is 11.9 Å². The Labute approximate surface area is 176 Å². The lowest BCUT2D eigenvalue weighted by atomic mass is 9.99. The van der Waals surface area contributed by atoms with E-state index in [9.17, 15) is 9.59 Å². The molecule has 1 aromatic heterocycles. The molecule has 2 aromatic carbocycles. The molecule has 0 saturated heterocycles. The molecule has 152 valence electrons. The van der Waals surface area contributed by atoms with Gasteiger partial charge >= 0.3 is 0 Å². The van der Waals surface area contributed by atoms with Crippen LogP contribution in [-0.2, 0) is 19.4 Å². The summed E-state index contributed by atoms with van der Waals surface area (Å²) in [6.07, 6.45) is 3.19. The summed E-state index contributed by atoms with van der Waals surface area (Å²) in [5.41, 5.74) is 6.08. The first-order valence-corrected chi connectivity index (χ1v) is 10.3. The van der Waals surface area contributed by atoms with E-state index in [-0.39, 0.29) is 17.5 Å². The van der Waals surface area contributed by atoms with Crippen LogP contribution < -0.4 is 5.32 Å². The summed E-state index contributed by atoms with van der Waals surface area (Å²) in [4.78, 5) is 31.9. The van der Waals surface area contributed by atoms with Gasteiger partial charge in [0.2, 0.25) is 0 Å². The topological polar surface area (TPSA) is 62.3 Å². The van der Waals surface area contributed by atoms with Crippen LogP contribution in [0.1, 0.15) is 50.0 Å². The normalized spacial score (nSPS) is 12.9. The molecule has 5 heteroatoms. The lowest BCUT2D eigenvalue weighted by Crippen LogP contribution is -2.36. The number of pyridine rings is 1. The Morgan fingerprint density at radius 3 is 2.67 bits per heavy atom. The number of para-hydroxylation sites is 1. The van der Waals surface area contributed by atoms with Gasteiger partial charge in [-0.2, -0.15) is 0 Å². The molecule has 1 N–H and O–H groups in total. The van der Waals surface area contributed by atoms with Gasteiger partial charge in [-0.25, -0.2) is 0 Å². The number of anilines is 1. The highest BCUT2D eigenvalue weighted by Gasteiger charge is 2.22. The van der Waals surface area contributed by atoms with Crippen molar-refractivity contribution in [1.29, 1.82) is 0 Å². The lowest BCUT2D eigenvalue weighted by molar-refractivity contribution is 0.0734. The molecule has 0 fully saturated rings. The summed E-state index contributed by atoms with van der Waals surface area (Å²) < 4.78 is 0. The number of aryl methyl sites for hydroxylation is 2. The van der Waals surface area contributed by atoms with E-state index >= 15 is 0 Å². The summed E-state index contributed by atoms with van der Waals surface area (Å²) in [7, 11) is 0. The third-order valence-electron chi connectivity index (χ3n) is 5.64. The van der Waals surface area contributed by atoms with Crippen LogP contribution in [0.5, 0.6) is 0 Å². The first kappa shape index (κ1) is 19.8. The minimum Gasteiger partial charge on any atom is -0.334 e. The van der Waals surface area contributed by atoms with Crippen molar-refractivity contribution in [1.82, 2.24) is 9.88 Å². The summed E-state index contributed by atoms with van der Waals surface area (Å²) in [5, 5.41) is 2.98. The van der Waals surface area contributed by atoms with Crippen molar-refractivity contribution in [3.8, 4) is 0 Å². The minimum absolute atomic E-state index is 0.0777. The Bertz CT molecular complexity index is 1110. The molecule has 0 atom stereocenters. The quantitative estimate of drug-likeness (QED) is 0.707.